The average molecular weight is 213 g/mol. The summed E-state index contributed by atoms with van der Waals surface area (Å²) in [5.41, 5.74) is 0.468. The maximum atomic E-state index is 9.20. The maximum absolute atomic E-state index is 9.20. The SMILES string of the molecule is C[C@@H](O)CNC1CCC(C(C)(C)C)CC1. The van der Waals surface area contributed by atoms with Crippen molar-refractivity contribution in [2.24, 2.45) is 11.3 Å². The van der Waals surface area contributed by atoms with Crippen LogP contribution in [0, 0.1) is 11.3 Å². The van der Waals surface area contributed by atoms with E-state index in [1.165, 1.54) is 25.7 Å². The average Bonchev–Trinajstić information content (AvgIpc) is 2.14. The molecule has 0 aliphatic heterocycles. The van der Waals surface area contributed by atoms with Gasteiger partial charge in [0.1, 0.15) is 0 Å². The Morgan fingerprint density at radius 3 is 2.13 bits per heavy atom. The Labute approximate surface area is 94.5 Å². The summed E-state index contributed by atoms with van der Waals surface area (Å²) in [5.74, 6) is 0.877. The van der Waals surface area contributed by atoms with Gasteiger partial charge in [-0.3, -0.25) is 0 Å². The molecule has 0 radical (unpaired) electrons. The van der Waals surface area contributed by atoms with Gasteiger partial charge in [-0.15, -0.1) is 0 Å². The largest absolute Gasteiger partial charge is 0.392 e. The molecule has 1 saturated carbocycles. The second kappa shape index (κ2) is 5.31. The molecule has 1 atom stereocenters. The Kier molecular flexibility index (Phi) is 4.60. The van der Waals surface area contributed by atoms with Gasteiger partial charge in [-0.05, 0) is 43.9 Å². The van der Waals surface area contributed by atoms with Crippen LogP contribution in [0.25, 0.3) is 0 Å². The lowest BCUT2D eigenvalue weighted by Crippen LogP contribution is -2.39. The minimum Gasteiger partial charge on any atom is -0.392 e. The fourth-order valence-corrected chi connectivity index (χ4v) is 2.50. The number of rotatable bonds is 3. The normalized spacial score (nSPS) is 30.2. The van der Waals surface area contributed by atoms with Crippen LogP contribution in [0.2, 0.25) is 0 Å². The first-order chi connectivity index (χ1) is 6.89. The zero-order valence-corrected chi connectivity index (χ0v) is 10.7. The minimum atomic E-state index is -0.217. The van der Waals surface area contributed by atoms with Crippen LogP contribution >= 0.6 is 0 Å². The molecule has 0 amide bonds. The number of aliphatic hydroxyl groups excluding tert-OH is 1. The highest BCUT2D eigenvalue weighted by molar-refractivity contribution is 4.83. The Hall–Kier alpha value is -0.0800. The first kappa shape index (κ1) is 13.0. The first-order valence-corrected chi connectivity index (χ1v) is 6.31. The molecule has 2 heteroatoms. The van der Waals surface area contributed by atoms with Gasteiger partial charge in [0.25, 0.3) is 0 Å². The molecular weight excluding hydrogens is 186 g/mol. The van der Waals surface area contributed by atoms with Crippen molar-refractivity contribution in [1.29, 1.82) is 0 Å². The van der Waals surface area contributed by atoms with Gasteiger partial charge in [0.05, 0.1) is 6.10 Å². The van der Waals surface area contributed by atoms with E-state index in [1.54, 1.807) is 0 Å². The summed E-state index contributed by atoms with van der Waals surface area (Å²) in [5, 5.41) is 12.6. The Bertz CT molecular complexity index is 175. The van der Waals surface area contributed by atoms with Crippen molar-refractivity contribution in [2.45, 2.75) is 65.5 Å². The van der Waals surface area contributed by atoms with Gasteiger partial charge >= 0.3 is 0 Å². The van der Waals surface area contributed by atoms with Crippen molar-refractivity contribution in [3.63, 3.8) is 0 Å². The molecule has 1 aliphatic carbocycles. The quantitative estimate of drug-likeness (QED) is 0.755. The van der Waals surface area contributed by atoms with Gasteiger partial charge in [-0.1, -0.05) is 20.8 Å². The highest BCUT2D eigenvalue weighted by Gasteiger charge is 2.29. The zero-order valence-electron chi connectivity index (χ0n) is 10.7. The third-order valence-electron chi connectivity index (χ3n) is 3.65. The Balaban J connectivity index is 2.24. The van der Waals surface area contributed by atoms with Crippen molar-refractivity contribution in [3.05, 3.63) is 0 Å². The zero-order chi connectivity index (χ0) is 11.5. The van der Waals surface area contributed by atoms with Crippen LogP contribution in [0.1, 0.15) is 53.4 Å². The van der Waals surface area contributed by atoms with Crippen molar-refractivity contribution in [3.8, 4) is 0 Å². The van der Waals surface area contributed by atoms with Gasteiger partial charge in [0, 0.05) is 12.6 Å². The molecule has 0 unspecified atom stereocenters. The van der Waals surface area contributed by atoms with E-state index in [1.807, 2.05) is 6.92 Å². The molecular formula is C13H27NO. The van der Waals surface area contributed by atoms with E-state index in [4.69, 9.17) is 0 Å². The van der Waals surface area contributed by atoms with Crippen molar-refractivity contribution >= 4 is 0 Å². The summed E-state index contributed by atoms with van der Waals surface area (Å²) in [4.78, 5) is 0. The summed E-state index contributed by atoms with van der Waals surface area (Å²) in [6.07, 6.45) is 5.00. The molecule has 2 nitrogen and oxygen atoms in total. The van der Waals surface area contributed by atoms with Crippen LogP contribution in [0.3, 0.4) is 0 Å². The molecule has 1 aliphatic rings. The third-order valence-corrected chi connectivity index (χ3v) is 3.65. The fourth-order valence-electron chi connectivity index (χ4n) is 2.50. The smallest absolute Gasteiger partial charge is 0.0636 e. The summed E-state index contributed by atoms with van der Waals surface area (Å²) >= 11 is 0. The van der Waals surface area contributed by atoms with Gasteiger partial charge in [-0.25, -0.2) is 0 Å². The van der Waals surface area contributed by atoms with Crippen molar-refractivity contribution in [1.82, 2.24) is 5.32 Å². The molecule has 0 aromatic rings. The van der Waals surface area contributed by atoms with Crippen LogP contribution in [-0.4, -0.2) is 23.8 Å². The molecule has 0 saturated heterocycles. The van der Waals surface area contributed by atoms with E-state index in [2.05, 4.69) is 26.1 Å². The van der Waals surface area contributed by atoms with Crippen LogP contribution < -0.4 is 5.32 Å². The highest BCUT2D eigenvalue weighted by Crippen LogP contribution is 2.37. The van der Waals surface area contributed by atoms with Crippen LogP contribution in [-0.2, 0) is 0 Å². The lowest BCUT2D eigenvalue weighted by molar-refractivity contribution is 0.145. The Morgan fingerprint density at radius 2 is 1.73 bits per heavy atom. The van der Waals surface area contributed by atoms with E-state index >= 15 is 0 Å². The van der Waals surface area contributed by atoms with Crippen molar-refractivity contribution < 1.29 is 5.11 Å². The topological polar surface area (TPSA) is 32.3 Å². The maximum Gasteiger partial charge on any atom is 0.0636 e. The monoisotopic (exact) mass is 213 g/mol. The standard InChI is InChI=1S/C13H27NO/c1-10(15)9-14-12-7-5-11(6-8-12)13(2,3)4/h10-12,14-15H,5-9H2,1-4H3/t10-,11?,12?/m1/s1. The minimum absolute atomic E-state index is 0.217. The van der Waals surface area contributed by atoms with E-state index < -0.39 is 0 Å². The van der Waals surface area contributed by atoms with E-state index in [-0.39, 0.29) is 6.10 Å². The molecule has 0 bridgehead atoms. The fraction of sp³-hybridized carbons (Fsp3) is 1.00. The van der Waals surface area contributed by atoms with E-state index in [0.717, 1.165) is 12.5 Å². The molecule has 0 aromatic heterocycles. The highest BCUT2D eigenvalue weighted by atomic mass is 16.3. The predicted octanol–water partition coefficient (Wildman–Crippen LogP) is 2.56. The summed E-state index contributed by atoms with van der Waals surface area (Å²) in [7, 11) is 0. The van der Waals surface area contributed by atoms with Crippen LogP contribution in [0.5, 0.6) is 0 Å². The second-order valence-electron chi connectivity index (χ2n) is 6.17. The number of aliphatic hydroxyl groups is 1. The molecule has 0 spiro atoms. The van der Waals surface area contributed by atoms with Gasteiger partial charge in [-0.2, -0.15) is 0 Å². The van der Waals surface area contributed by atoms with Crippen LogP contribution in [0.4, 0.5) is 0 Å². The first-order valence-electron chi connectivity index (χ1n) is 6.31. The lowest BCUT2D eigenvalue weighted by Gasteiger charge is -2.37. The Morgan fingerprint density at radius 1 is 1.20 bits per heavy atom. The molecule has 15 heavy (non-hydrogen) atoms. The van der Waals surface area contributed by atoms with Crippen LogP contribution in [0.15, 0.2) is 0 Å². The van der Waals surface area contributed by atoms with E-state index in [9.17, 15) is 5.11 Å². The molecule has 1 fully saturated rings. The van der Waals surface area contributed by atoms with Gasteiger partial charge in [0.2, 0.25) is 0 Å². The van der Waals surface area contributed by atoms with Crippen molar-refractivity contribution in [2.75, 3.05) is 6.54 Å². The molecule has 0 aromatic carbocycles. The lowest BCUT2D eigenvalue weighted by atomic mass is 9.71. The third kappa shape index (κ3) is 4.52. The summed E-state index contributed by atoms with van der Waals surface area (Å²) < 4.78 is 0. The molecule has 1 rings (SSSR count). The van der Waals surface area contributed by atoms with E-state index in [0.29, 0.717) is 11.5 Å². The number of hydrogen-bond donors (Lipinski definition) is 2. The number of hydrogen-bond acceptors (Lipinski definition) is 2. The number of nitrogens with one attached hydrogen (secondary N) is 1. The summed E-state index contributed by atoms with van der Waals surface area (Å²) in [6.45, 7) is 9.63. The molecule has 90 valence electrons. The van der Waals surface area contributed by atoms with Gasteiger partial charge < -0.3 is 10.4 Å². The molecule has 2 N–H and O–H groups in total. The summed E-state index contributed by atoms with van der Waals surface area (Å²) in [6, 6.07) is 0.637. The molecule has 0 heterocycles. The predicted molar refractivity (Wildman–Crippen MR) is 64.9 cm³/mol. The second-order valence-corrected chi connectivity index (χ2v) is 6.17. The van der Waals surface area contributed by atoms with Gasteiger partial charge in [0.15, 0.2) is 0 Å².